The zero-order valence-corrected chi connectivity index (χ0v) is 14.0. The van der Waals surface area contributed by atoms with Gasteiger partial charge < -0.3 is 10.1 Å². The molecule has 124 valence electrons. The molecule has 2 rings (SSSR count). The molecule has 1 saturated heterocycles. The van der Waals surface area contributed by atoms with Crippen LogP contribution in [0.3, 0.4) is 0 Å². The molecule has 0 spiro atoms. The minimum Gasteiger partial charge on any atom is -0.496 e. The number of carbonyl (C=O) groups excluding carboxylic acids is 1. The number of benzene rings is 1. The van der Waals surface area contributed by atoms with Crippen molar-refractivity contribution < 1.29 is 9.53 Å². The molecule has 0 aliphatic carbocycles. The third-order valence-electron chi connectivity index (χ3n) is 4.05. The number of rotatable bonds is 6. The topological polar surface area (TPSA) is 44.8 Å². The Morgan fingerprint density at radius 3 is 2.65 bits per heavy atom. The summed E-state index contributed by atoms with van der Waals surface area (Å²) in [6.07, 6.45) is 5.14. The third kappa shape index (κ3) is 5.27. The van der Waals surface area contributed by atoms with Crippen molar-refractivity contribution in [2.75, 3.05) is 46.4 Å². The Bertz CT molecular complexity index is 572. The van der Waals surface area contributed by atoms with E-state index in [9.17, 15) is 4.79 Å². The molecule has 1 aromatic carbocycles. The van der Waals surface area contributed by atoms with E-state index in [1.807, 2.05) is 6.07 Å². The second-order valence-electron chi connectivity index (χ2n) is 5.85. The van der Waals surface area contributed by atoms with Crippen LogP contribution >= 0.6 is 0 Å². The van der Waals surface area contributed by atoms with Gasteiger partial charge in [0.15, 0.2) is 0 Å². The zero-order chi connectivity index (χ0) is 16.7. The lowest BCUT2D eigenvalue weighted by molar-refractivity contribution is -0.122. The number of hydrogen-bond acceptors (Lipinski definition) is 4. The normalized spacial score (nSPS) is 15.9. The van der Waals surface area contributed by atoms with E-state index in [1.165, 1.54) is 11.1 Å². The van der Waals surface area contributed by atoms with Gasteiger partial charge >= 0.3 is 0 Å². The second kappa shape index (κ2) is 8.56. The fourth-order valence-electron chi connectivity index (χ4n) is 2.79. The summed E-state index contributed by atoms with van der Waals surface area (Å²) in [7, 11) is 1.71. The molecular weight excluding hydrogens is 290 g/mol. The van der Waals surface area contributed by atoms with Crippen LogP contribution in [0.5, 0.6) is 5.75 Å². The first-order valence-corrected chi connectivity index (χ1v) is 7.90. The first kappa shape index (κ1) is 17.3. The Balaban J connectivity index is 1.82. The first-order valence-electron chi connectivity index (χ1n) is 7.90. The maximum atomic E-state index is 11.7. The highest BCUT2D eigenvalue weighted by molar-refractivity contribution is 5.78. The molecule has 0 unspecified atom stereocenters. The van der Waals surface area contributed by atoms with Crippen LogP contribution in [0.1, 0.15) is 11.1 Å². The van der Waals surface area contributed by atoms with Crippen LogP contribution in [0.25, 0.3) is 0 Å². The van der Waals surface area contributed by atoms with Crippen LogP contribution in [0, 0.1) is 19.3 Å². The Morgan fingerprint density at radius 2 is 2.00 bits per heavy atom. The van der Waals surface area contributed by atoms with Crippen molar-refractivity contribution in [1.29, 1.82) is 0 Å². The quantitative estimate of drug-likeness (QED) is 0.791. The fraction of sp³-hybridized carbons (Fsp3) is 0.500. The third-order valence-corrected chi connectivity index (χ3v) is 4.05. The Labute approximate surface area is 138 Å². The second-order valence-corrected chi connectivity index (χ2v) is 5.85. The SMILES string of the molecule is C#CCNC(=O)CN1CCN(Cc2cc(C)ccc2OC)CC1. The molecule has 1 heterocycles. The van der Waals surface area contributed by atoms with Crippen LogP contribution in [-0.4, -0.2) is 62.1 Å². The first-order chi connectivity index (χ1) is 11.1. The molecule has 0 atom stereocenters. The van der Waals surface area contributed by atoms with E-state index in [1.54, 1.807) is 7.11 Å². The number of aryl methyl sites for hydroxylation is 1. The van der Waals surface area contributed by atoms with E-state index in [4.69, 9.17) is 11.2 Å². The van der Waals surface area contributed by atoms with Crippen molar-refractivity contribution in [3.63, 3.8) is 0 Å². The molecule has 1 N–H and O–H groups in total. The maximum Gasteiger partial charge on any atom is 0.234 e. The number of hydrogen-bond donors (Lipinski definition) is 1. The molecule has 0 aromatic heterocycles. The van der Waals surface area contributed by atoms with Crippen LogP contribution < -0.4 is 10.1 Å². The number of carbonyl (C=O) groups is 1. The molecule has 1 aliphatic heterocycles. The van der Waals surface area contributed by atoms with Crippen LogP contribution in [0.15, 0.2) is 18.2 Å². The van der Waals surface area contributed by atoms with Gasteiger partial charge in [-0.3, -0.25) is 14.6 Å². The molecule has 0 saturated carbocycles. The Morgan fingerprint density at radius 1 is 1.30 bits per heavy atom. The maximum absolute atomic E-state index is 11.7. The predicted molar refractivity (Wildman–Crippen MR) is 91.3 cm³/mol. The summed E-state index contributed by atoms with van der Waals surface area (Å²) in [4.78, 5) is 16.2. The van der Waals surface area contributed by atoms with E-state index < -0.39 is 0 Å². The van der Waals surface area contributed by atoms with Gasteiger partial charge in [0.1, 0.15) is 5.75 Å². The summed E-state index contributed by atoms with van der Waals surface area (Å²) >= 11 is 0. The molecule has 0 bridgehead atoms. The Kier molecular flexibility index (Phi) is 6.45. The number of piperazine rings is 1. The minimum atomic E-state index is -0.00301. The number of terminal acetylenes is 1. The van der Waals surface area contributed by atoms with E-state index in [2.05, 4.69) is 40.1 Å². The van der Waals surface area contributed by atoms with Crippen molar-refractivity contribution in [3.05, 3.63) is 29.3 Å². The van der Waals surface area contributed by atoms with E-state index in [0.717, 1.165) is 38.5 Å². The highest BCUT2D eigenvalue weighted by atomic mass is 16.5. The lowest BCUT2D eigenvalue weighted by Gasteiger charge is -2.34. The molecule has 5 nitrogen and oxygen atoms in total. The van der Waals surface area contributed by atoms with Crippen molar-refractivity contribution >= 4 is 5.91 Å². The number of ether oxygens (including phenoxy) is 1. The van der Waals surface area contributed by atoms with Gasteiger partial charge in [0, 0.05) is 38.3 Å². The summed E-state index contributed by atoms with van der Waals surface area (Å²) in [6, 6.07) is 6.27. The van der Waals surface area contributed by atoms with Gasteiger partial charge in [0.2, 0.25) is 5.91 Å². The summed E-state index contributed by atoms with van der Waals surface area (Å²) in [5.74, 6) is 3.35. The molecule has 5 heteroatoms. The lowest BCUT2D eigenvalue weighted by atomic mass is 10.1. The van der Waals surface area contributed by atoms with Gasteiger partial charge in [-0.05, 0) is 13.0 Å². The molecule has 1 fully saturated rings. The Hall–Kier alpha value is -2.03. The largest absolute Gasteiger partial charge is 0.496 e. The lowest BCUT2D eigenvalue weighted by Crippen LogP contribution is -2.49. The molecule has 1 aliphatic rings. The molecule has 1 aromatic rings. The average molecular weight is 315 g/mol. The van der Waals surface area contributed by atoms with Gasteiger partial charge in [-0.25, -0.2) is 0 Å². The van der Waals surface area contributed by atoms with Crippen LogP contribution in [0.2, 0.25) is 0 Å². The van der Waals surface area contributed by atoms with E-state index >= 15 is 0 Å². The standard InChI is InChI=1S/C18H25N3O2/c1-4-7-19-18(22)14-21-10-8-20(9-11-21)13-16-12-15(2)5-6-17(16)23-3/h1,5-6,12H,7-11,13-14H2,2-3H3,(H,19,22). The van der Waals surface area contributed by atoms with Crippen molar-refractivity contribution in [1.82, 2.24) is 15.1 Å². The molecule has 1 amide bonds. The van der Waals surface area contributed by atoms with Crippen molar-refractivity contribution in [3.8, 4) is 18.1 Å². The number of nitrogens with zero attached hydrogens (tertiary/aromatic N) is 2. The van der Waals surface area contributed by atoms with E-state index in [-0.39, 0.29) is 5.91 Å². The minimum absolute atomic E-state index is 0.00301. The average Bonchev–Trinajstić information content (AvgIpc) is 2.55. The van der Waals surface area contributed by atoms with Gasteiger partial charge in [0.25, 0.3) is 0 Å². The monoisotopic (exact) mass is 315 g/mol. The number of methoxy groups -OCH3 is 1. The van der Waals surface area contributed by atoms with Crippen LogP contribution in [-0.2, 0) is 11.3 Å². The zero-order valence-electron chi connectivity index (χ0n) is 14.0. The fourth-order valence-corrected chi connectivity index (χ4v) is 2.79. The number of nitrogens with one attached hydrogen (secondary N) is 1. The van der Waals surface area contributed by atoms with Crippen molar-refractivity contribution in [2.45, 2.75) is 13.5 Å². The molecule has 0 radical (unpaired) electrons. The summed E-state index contributed by atoms with van der Waals surface area (Å²) in [5, 5.41) is 2.71. The highest BCUT2D eigenvalue weighted by Crippen LogP contribution is 2.21. The van der Waals surface area contributed by atoms with Crippen molar-refractivity contribution in [2.24, 2.45) is 0 Å². The predicted octanol–water partition coefficient (Wildman–Crippen LogP) is 0.871. The van der Waals surface area contributed by atoms with Gasteiger partial charge in [-0.2, -0.15) is 0 Å². The number of amides is 1. The van der Waals surface area contributed by atoms with Gasteiger partial charge in [-0.1, -0.05) is 23.6 Å². The smallest absolute Gasteiger partial charge is 0.234 e. The van der Waals surface area contributed by atoms with Crippen LogP contribution in [0.4, 0.5) is 0 Å². The van der Waals surface area contributed by atoms with Gasteiger partial charge in [0.05, 0.1) is 20.2 Å². The van der Waals surface area contributed by atoms with E-state index in [0.29, 0.717) is 13.1 Å². The summed E-state index contributed by atoms with van der Waals surface area (Å²) < 4.78 is 5.45. The van der Waals surface area contributed by atoms with Gasteiger partial charge in [-0.15, -0.1) is 6.42 Å². The molecule has 23 heavy (non-hydrogen) atoms. The molecular formula is C18H25N3O2. The summed E-state index contributed by atoms with van der Waals surface area (Å²) in [5.41, 5.74) is 2.46. The summed E-state index contributed by atoms with van der Waals surface area (Å²) in [6.45, 7) is 7.35. The highest BCUT2D eigenvalue weighted by Gasteiger charge is 2.19.